The second kappa shape index (κ2) is 19.4. The van der Waals surface area contributed by atoms with Crippen LogP contribution in [0.3, 0.4) is 0 Å². The number of aliphatic carboxylic acids is 3. The van der Waals surface area contributed by atoms with E-state index in [-0.39, 0.29) is 0 Å². The van der Waals surface area contributed by atoms with Crippen molar-refractivity contribution in [3.8, 4) is 0 Å². The van der Waals surface area contributed by atoms with E-state index in [0.717, 1.165) is 0 Å². The van der Waals surface area contributed by atoms with Crippen molar-refractivity contribution in [2.75, 3.05) is 19.8 Å². The molecular formula is C29H54O9. The fourth-order valence-electron chi connectivity index (χ4n) is 5.89. The number of carboxylic acid groups (broad SMARTS) is 3. The summed E-state index contributed by atoms with van der Waals surface area (Å²) < 4.78 is 0. The smallest absolute Gasteiger partial charge is 0.306 e. The fraction of sp³-hybridized carbons (Fsp3) is 0.897. The molecule has 0 aromatic rings. The van der Waals surface area contributed by atoms with E-state index in [4.69, 9.17) is 0 Å². The highest BCUT2D eigenvalue weighted by Gasteiger charge is 2.49. The number of aliphatic hydroxyl groups excluding tert-OH is 3. The van der Waals surface area contributed by atoms with Crippen molar-refractivity contribution < 1.29 is 45.0 Å². The lowest BCUT2D eigenvalue weighted by Crippen LogP contribution is -2.50. The molecule has 0 amide bonds. The molecule has 0 bridgehead atoms. The predicted molar refractivity (Wildman–Crippen MR) is 146 cm³/mol. The van der Waals surface area contributed by atoms with E-state index in [2.05, 4.69) is 0 Å². The zero-order chi connectivity index (χ0) is 29.2. The van der Waals surface area contributed by atoms with E-state index in [1.165, 1.54) is 0 Å². The van der Waals surface area contributed by atoms with Gasteiger partial charge in [-0.15, -0.1) is 0 Å². The molecule has 0 saturated carbocycles. The van der Waals surface area contributed by atoms with Crippen LogP contribution in [0.25, 0.3) is 0 Å². The van der Waals surface area contributed by atoms with Gasteiger partial charge >= 0.3 is 17.9 Å². The molecule has 0 aromatic heterocycles. The second-order valence-electron chi connectivity index (χ2n) is 11.1. The van der Waals surface area contributed by atoms with E-state index in [1.54, 1.807) is 0 Å². The van der Waals surface area contributed by atoms with Crippen LogP contribution in [0.4, 0.5) is 0 Å². The predicted octanol–water partition coefficient (Wildman–Crippen LogP) is 4.95. The van der Waals surface area contributed by atoms with Gasteiger partial charge in [0.15, 0.2) is 0 Å². The molecule has 3 unspecified atom stereocenters. The first-order valence-corrected chi connectivity index (χ1v) is 14.5. The molecule has 0 aliphatic heterocycles. The lowest BCUT2D eigenvalue weighted by Gasteiger charge is -2.49. The van der Waals surface area contributed by atoms with E-state index >= 15 is 0 Å². The number of unbranched alkanes of at least 4 members (excludes halogenated alkanes) is 3. The molecule has 0 aliphatic carbocycles. The van der Waals surface area contributed by atoms with Gasteiger partial charge in [0.2, 0.25) is 0 Å². The Morgan fingerprint density at radius 2 is 0.763 bits per heavy atom. The van der Waals surface area contributed by atoms with Crippen LogP contribution >= 0.6 is 0 Å². The van der Waals surface area contributed by atoms with Crippen LogP contribution < -0.4 is 0 Å². The fourth-order valence-corrected chi connectivity index (χ4v) is 5.89. The van der Waals surface area contributed by atoms with Crippen LogP contribution in [-0.2, 0) is 14.4 Å². The molecule has 0 spiro atoms. The first-order valence-electron chi connectivity index (χ1n) is 14.5. The van der Waals surface area contributed by atoms with Crippen molar-refractivity contribution >= 4 is 17.9 Å². The summed E-state index contributed by atoms with van der Waals surface area (Å²) in [6.45, 7) is 4.31. The topological polar surface area (TPSA) is 173 Å². The number of carboxylic acids is 3. The van der Waals surface area contributed by atoms with Crippen LogP contribution in [-0.4, -0.2) is 68.4 Å². The molecule has 0 saturated heterocycles. The average Bonchev–Trinajstić information content (AvgIpc) is 2.89. The Balaban J connectivity index is 5.80. The van der Waals surface area contributed by atoms with Crippen molar-refractivity contribution in [2.24, 2.45) is 28.6 Å². The summed E-state index contributed by atoms with van der Waals surface area (Å²) >= 11 is 0. The minimum Gasteiger partial charge on any atom is -0.481 e. The molecular weight excluding hydrogens is 492 g/mol. The Bertz CT molecular complexity index is 593. The van der Waals surface area contributed by atoms with Crippen LogP contribution in [0.2, 0.25) is 0 Å². The second-order valence-corrected chi connectivity index (χ2v) is 11.1. The molecule has 6 N–H and O–H groups in total. The number of aliphatic hydroxyl groups is 3. The minimum absolute atomic E-state index is 0.411. The number of carbonyl (C=O) groups is 3. The van der Waals surface area contributed by atoms with E-state index in [9.17, 15) is 45.0 Å². The largest absolute Gasteiger partial charge is 0.481 e. The lowest BCUT2D eigenvalue weighted by molar-refractivity contribution is -0.143. The lowest BCUT2D eigenvalue weighted by atomic mass is 9.57. The number of hydrogen-bond acceptors (Lipinski definition) is 6. The van der Waals surface area contributed by atoms with Crippen molar-refractivity contribution in [1.82, 2.24) is 0 Å². The summed E-state index contributed by atoms with van der Waals surface area (Å²) in [4.78, 5) is 34.3. The monoisotopic (exact) mass is 546 g/mol. The van der Waals surface area contributed by atoms with Gasteiger partial charge in [-0.2, -0.15) is 0 Å². The maximum atomic E-state index is 11.4. The van der Waals surface area contributed by atoms with E-state index in [0.29, 0.717) is 96.3 Å². The number of hydrogen-bond donors (Lipinski definition) is 6. The normalized spacial score (nSPS) is 15.9. The molecule has 224 valence electrons. The zero-order valence-electron chi connectivity index (χ0n) is 23.9. The highest BCUT2D eigenvalue weighted by atomic mass is 16.4. The Hall–Kier alpha value is -1.71. The first-order chi connectivity index (χ1) is 18.0. The molecule has 38 heavy (non-hydrogen) atoms. The maximum absolute atomic E-state index is 11.4. The van der Waals surface area contributed by atoms with Gasteiger partial charge < -0.3 is 30.6 Å². The summed E-state index contributed by atoms with van der Waals surface area (Å²) in [5.41, 5.74) is -1.80. The summed E-state index contributed by atoms with van der Waals surface area (Å²) in [5, 5.41) is 59.4. The van der Waals surface area contributed by atoms with Crippen molar-refractivity contribution in [2.45, 2.75) is 117 Å². The first kappa shape index (κ1) is 36.3. The van der Waals surface area contributed by atoms with Crippen molar-refractivity contribution in [1.29, 1.82) is 0 Å². The molecule has 0 aromatic carbocycles. The van der Waals surface area contributed by atoms with Gasteiger partial charge in [0.05, 0.1) is 37.6 Å². The van der Waals surface area contributed by atoms with Gasteiger partial charge in [0.25, 0.3) is 0 Å². The average molecular weight is 547 g/mol. The van der Waals surface area contributed by atoms with Crippen LogP contribution in [0.15, 0.2) is 0 Å². The SMILES string of the molecule is CCC(CCCCC(CCCCC(CC)C(=O)O)(CCCCC(CC)C(=O)O)C(CO)(CO)CO)C(=O)O. The van der Waals surface area contributed by atoms with E-state index < -0.39 is 66.3 Å². The van der Waals surface area contributed by atoms with Crippen LogP contribution in [0, 0.1) is 28.6 Å². The molecule has 0 rings (SSSR count). The van der Waals surface area contributed by atoms with Crippen molar-refractivity contribution in [3.63, 3.8) is 0 Å². The van der Waals surface area contributed by atoms with Gasteiger partial charge in [-0.05, 0) is 63.2 Å². The Morgan fingerprint density at radius 1 is 0.500 bits per heavy atom. The number of rotatable bonds is 25. The van der Waals surface area contributed by atoms with E-state index in [1.807, 2.05) is 20.8 Å². The third-order valence-electron chi connectivity index (χ3n) is 8.93. The standard InChI is InChI=1S/C29H54O9/c1-4-22(25(33)34)13-7-10-16-28(29(19-30,20-31)21-32,17-11-8-14-23(5-2)26(35)36)18-12-9-15-24(6-3)27(37)38/h22-24,30-32H,4-21H2,1-3H3,(H,33,34)(H,35,36)(H,37,38). The van der Waals surface area contributed by atoms with Crippen LogP contribution in [0.1, 0.15) is 117 Å². The summed E-state index contributed by atoms with van der Waals surface area (Å²) in [6.07, 6.45) is 8.96. The molecule has 9 heteroatoms. The maximum Gasteiger partial charge on any atom is 0.306 e. The quantitative estimate of drug-likeness (QED) is 0.0866. The van der Waals surface area contributed by atoms with Gasteiger partial charge in [0, 0.05) is 5.41 Å². The van der Waals surface area contributed by atoms with Gasteiger partial charge in [-0.3, -0.25) is 14.4 Å². The highest BCUT2D eigenvalue weighted by molar-refractivity contribution is 5.70. The minimum atomic E-state index is -1.15. The summed E-state index contributed by atoms with van der Waals surface area (Å²) in [6, 6.07) is 0. The highest BCUT2D eigenvalue weighted by Crippen LogP contribution is 2.51. The Kier molecular flexibility index (Phi) is 18.5. The molecule has 0 fully saturated rings. The Labute approximate surface area is 228 Å². The van der Waals surface area contributed by atoms with Crippen molar-refractivity contribution in [3.05, 3.63) is 0 Å². The zero-order valence-corrected chi connectivity index (χ0v) is 23.9. The Morgan fingerprint density at radius 3 is 0.947 bits per heavy atom. The van der Waals surface area contributed by atoms with Crippen LogP contribution in [0.5, 0.6) is 0 Å². The molecule has 0 radical (unpaired) electrons. The van der Waals surface area contributed by atoms with Gasteiger partial charge in [-0.1, -0.05) is 59.3 Å². The third-order valence-corrected chi connectivity index (χ3v) is 8.93. The molecule has 9 nitrogen and oxygen atoms in total. The molecule has 3 atom stereocenters. The summed E-state index contributed by atoms with van der Waals surface area (Å²) in [5.74, 6) is -3.73. The molecule has 0 heterocycles. The third kappa shape index (κ3) is 11.2. The molecule has 0 aliphatic rings. The summed E-state index contributed by atoms with van der Waals surface area (Å²) in [7, 11) is 0. The van der Waals surface area contributed by atoms with Gasteiger partial charge in [0.1, 0.15) is 0 Å². The van der Waals surface area contributed by atoms with Gasteiger partial charge in [-0.25, -0.2) is 0 Å².